The summed E-state index contributed by atoms with van der Waals surface area (Å²) in [4.78, 5) is 0. The average Bonchev–Trinajstić information content (AvgIpc) is 3.62. The molecule has 0 saturated carbocycles. The second-order valence-corrected chi connectivity index (χ2v) is 15.9. The number of anilines is 1. The summed E-state index contributed by atoms with van der Waals surface area (Å²) in [6, 6.07) is 64.0. The molecule has 4 N–H and O–H groups in total. The van der Waals surface area contributed by atoms with Crippen LogP contribution < -0.4 is 11.5 Å². The third kappa shape index (κ3) is 6.30. The quantitative estimate of drug-likeness (QED) is 0.177. The maximum Gasteiger partial charge on any atom is 0.0320 e. The molecular formula is C54H50N2. The Morgan fingerprint density at radius 2 is 0.893 bits per heavy atom. The monoisotopic (exact) mass is 726 g/mol. The van der Waals surface area contributed by atoms with Gasteiger partial charge in [0, 0.05) is 16.5 Å². The highest BCUT2D eigenvalue weighted by molar-refractivity contribution is 5.96. The van der Waals surface area contributed by atoms with Gasteiger partial charge in [0.15, 0.2) is 0 Å². The second-order valence-electron chi connectivity index (χ2n) is 15.9. The Bertz CT molecular complexity index is 2700. The van der Waals surface area contributed by atoms with E-state index in [-0.39, 0.29) is 10.8 Å². The van der Waals surface area contributed by atoms with Gasteiger partial charge in [0.1, 0.15) is 0 Å². The number of rotatable bonds is 4. The molecule has 0 fully saturated rings. The highest BCUT2D eigenvalue weighted by Crippen LogP contribution is 2.54. The molecule has 2 aliphatic rings. The van der Waals surface area contributed by atoms with Gasteiger partial charge in [0.05, 0.1) is 0 Å². The summed E-state index contributed by atoms with van der Waals surface area (Å²) in [6.07, 6.45) is 0.885. The zero-order valence-electron chi connectivity index (χ0n) is 33.1. The lowest BCUT2D eigenvalue weighted by Crippen LogP contribution is -2.14. The minimum atomic E-state index is -0.0216. The molecule has 8 aromatic rings. The fraction of sp³-hybridized carbons (Fsp3) is 0.148. The summed E-state index contributed by atoms with van der Waals surface area (Å²) in [5.74, 6) is 0. The Hall–Kier alpha value is -6.22. The Kier molecular flexibility index (Phi) is 9.70. The number of hydrogen-bond donors (Lipinski definition) is 2. The highest BCUT2D eigenvalue weighted by Gasteiger charge is 2.38. The Morgan fingerprint density at radius 1 is 0.393 bits per heavy atom. The van der Waals surface area contributed by atoms with Gasteiger partial charge in [0.2, 0.25) is 0 Å². The molecule has 0 heterocycles. The predicted molar refractivity (Wildman–Crippen MR) is 240 cm³/mol. The molecule has 0 bridgehead atoms. The van der Waals surface area contributed by atoms with Gasteiger partial charge in [-0.3, -0.25) is 0 Å². The maximum atomic E-state index is 5.62. The van der Waals surface area contributed by atoms with Crippen molar-refractivity contribution in [2.45, 2.75) is 44.9 Å². The molecule has 2 aliphatic carbocycles. The van der Waals surface area contributed by atoms with E-state index < -0.39 is 0 Å². The number of fused-ring (bicyclic) bond motifs is 7. The van der Waals surface area contributed by atoms with E-state index in [9.17, 15) is 0 Å². The van der Waals surface area contributed by atoms with Crippen molar-refractivity contribution in [1.82, 2.24) is 0 Å². The predicted octanol–water partition coefficient (Wildman–Crippen LogP) is 13.2. The summed E-state index contributed by atoms with van der Waals surface area (Å²) in [5.41, 5.74) is 30.0. The first-order chi connectivity index (χ1) is 27.2. The molecule has 0 spiro atoms. The van der Waals surface area contributed by atoms with Crippen molar-refractivity contribution in [2.24, 2.45) is 5.73 Å². The Balaban J connectivity index is 0.000000289. The van der Waals surface area contributed by atoms with E-state index in [1.165, 1.54) is 95.7 Å². The van der Waals surface area contributed by atoms with Crippen LogP contribution in [0.4, 0.5) is 5.69 Å². The van der Waals surface area contributed by atoms with E-state index in [0.29, 0.717) is 0 Å². The second kappa shape index (κ2) is 14.8. The molecule has 0 aliphatic heterocycles. The van der Waals surface area contributed by atoms with E-state index in [1.807, 2.05) is 30.3 Å². The third-order valence-electron chi connectivity index (χ3n) is 11.9. The van der Waals surface area contributed by atoms with Gasteiger partial charge in [0.25, 0.3) is 0 Å². The Morgan fingerprint density at radius 3 is 1.54 bits per heavy atom. The van der Waals surface area contributed by atoms with Crippen LogP contribution in [0.15, 0.2) is 176 Å². The number of nitrogen functional groups attached to an aromatic ring is 1. The smallest absolute Gasteiger partial charge is 0.0320 e. The SMILES string of the molecule is CC1(C)c2ccccc2-c2c(-c3ccc(-c4cccc5c4-c4ccccc4C5(C)C)c(Cc4ccccc4)c3)cccc21.CN.Nc1ccc2ccccc2c1. The van der Waals surface area contributed by atoms with E-state index in [1.54, 1.807) is 0 Å². The van der Waals surface area contributed by atoms with Crippen LogP contribution in [-0.4, -0.2) is 7.05 Å². The summed E-state index contributed by atoms with van der Waals surface area (Å²) in [7, 11) is 1.50. The molecule has 276 valence electrons. The van der Waals surface area contributed by atoms with Crippen LogP contribution >= 0.6 is 0 Å². The highest BCUT2D eigenvalue weighted by atomic mass is 14.5. The first-order valence-electron chi connectivity index (χ1n) is 19.7. The van der Waals surface area contributed by atoms with Crippen molar-refractivity contribution >= 4 is 16.5 Å². The fourth-order valence-electron chi connectivity index (χ4n) is 9.17. The summed E-state index contributed by atoms with van der Waals surface area (Å²) < 4.78 is 0. The zero-order chi connectivity index (χ0) is 39.0. The van der Waals surface area contributed by atoms with Crippen LogP contribution in [0.5, 0.6) is 0 Å². The van der Waals surface area contributed by atoms with Crippen LogP contribution in [0.1, 0.15) is 61.1 Å². The van der Waals surface area contributed by atoms with E-state index in [0.717, 1.165) is 12.1 Å². The van der Waals surface area contributed by atoms with Crippen molar-refractivity contribution in [3.8, 4) is 44.5 Å². The molecule has 56 heavy (non-hydrogen) atoms. The van der Waals surface area contributed by atoms with Crippen LogP contribution in [0.3, 0.4) is 0 Å². The normalized spacial score (nSPS) is 13.6. The van der Waals surface area contributed by atoms with Crippen LogP contribution in [0, 0.1) is 0 Å². The third-order valence-corrected chi connectivity index (χ3v) is 11.9. The van der Waals surface area contributed by atoms with E-state index in [2.05, 4.69) is 179 Å². The molecule has 0 atom stereocenters. The summed E-state index contributed by atoms with van der Waals surface area (Å²) in [5, 5.41) is 2.44. The molecule has 0 saturated heterocycles. The molecule has 2 heteroatoms. The fourth-order valence-corrected chi connectivity index (χ4v) is 9.17. The van der Waals surface area contributed by atoms with Gasteiger partial charge in [-0.25, -0.2) is 0 Å². The minimum absolute atomic E-state index is 0.0144. The lowest BCUT2D eigenvalue weighted by Gasteiger charge is -2.22. The van der Waals surface area contributed by atoms with Crippen LogP contribution in [-0.2, 0) is 17.3 Å². The van der Waals surface area contributed by atoms with Gasteiger partial charge >= 0.3 is 0 Å². The summed E-state index contributed by atoms with van der Waals surface area (Å²) in [6.45, 7) is 9.46. The molecular weight excluding hydrogens is 677 g/mol. The molecule has 0 unspecified atom stereocenters. The molecule has 8 aromatic carbocycles. The standard InChI is InChI=1S/C43H36.C10H9N.CH5N/c1-42(2)36-20-10-8-16-34(36)40-32(18-12-22-38(40)42)29-24-25-31(30(27-29)26-28-14-6-5-7-15-28)33-19-13-23-39-41(33)35-17-9-11-21-37(35)43(39,3)4;11-10-6-5-8-3-1-2-4-9(8)7-10;1-2/h5-25,27H,26H2,1-4H3;1-7H,11H2;2H2,1H3. The summed E-state index contributed by atoms with van der Waals surface area (Å²) >= 11 is 0. The maximum absolute atomic E-state index is 5.62. The largest absolute Gasteiger partial charge is 0.399 e. The molecule has 0 aromatic heterocycles. The van der Waals surface area contributed by atoms with Gasteiger partial charge < -0.3 is 11.5 Å². The van der Waals surface area contributed by atoms with Gasteiger partial charge in [-0.2, -0.15) is 0 Å². The molecule has 10 rings (SSSR count). The molecule has 2 nitrogen and oxygen atoms in total. The van der Waals surface area contributed by atoms with E-state index >= 15 is 0 Å². The minimum Gasteiger partial charge on any atom is -0.399 e. The Labute approximate surface area is 332 Å². The van der Waals surface area contributed by atoms with Crippen molar-refractivity contribution in [3.05, 3.63) is 209 Å². The average molecular weight is 727 g/mol. The van der Waals surface area contributed by atoms with Crippen molar-refractivity contribution in [3.63, 3.8) is 0 Å². The lowest BCUT2D eigenvalue weighted by molar-refractivity contribution is 0.660. The molecule has 0 radical (unpaired) electrons. The van der Waals surface area contributed by atoms with Crippen molar-refractivity contribution < 1.29 is 0 Å². The van der Waals surface area contributed by atoms with Gasteiger partial charge in [-0.05, 0) is 114 Å². The topological polar surface area (TPSA) is 52.0 Å². The van der Waals surface area contributed by atoms with Gasteiger partial charge in [-0.1, -0.05) is 191 Å². The zero-order valence-corrected chi connectivity index (χ0v) is 33.1. The van der Waals surface area contributed by atoms with Crippen molar-refractivity contribution in [2.75, 3.05) is 12.8 Å². The van der Waals surface area contributed by atoms with Crippen LogP contribution in [0.25, 0.3) is 55.3 Å². The molecule has 0 amide bonds. The van der Waals surface area contributed by atoms with Gasteiger partial charge in [-0.15, -0.1) is 0 Å². The number of hydrogen-bond acceptors (Lipinski definition) is 2. The van der Waals surface area contributed by atoms with Crippen molar-refractivity contribution in [1.29, 1.82) is 0 Å². The first-order valence-corrected chi connectivity index (χ1v) is 19.7. The first kappa shape index (κ1) is 36.7. The number of nitrogens with two attached hydrogens (primary N) is 2. The van der Waals surface area contributed by atoms with E-state index in [4.69, 9.17) is 5.73 Å². The van der Waals surface area contributed by atoms with Crippen LogP contribution in [0.2, 0.25) is 0 Å². The lowest BCUT2D eigenvalue weighted by atomic mass is 9.81. The number of benzene rings is 8.